The summed E-state index contributed by atoms with van der Waals surface area (Å²) in [5, 5.41) is 5.63. The summed E-state index contributed by atoms with van der Waals surface area (Å²) >= 11 is 6.19. The molecule has 0 spiro atoms. The van der Waals surface area contributed by atoms with Gasteiger partial charge in [-0.1, -0.05) is 48.3 Å². The van der Waals surface area contributed by atoms with Crippen LogP contribution in [0.15, 0.2) is 41.3 Å². The standard InChI is InChI=1S/C13H12N2OS2/c1-14-10-7-5-9(6-8-10)3-2-4-11-12(16)15-13(17)18-11/h2-8,14H,1H3,(H,15,16,17)/b3-2+,11-4+. The van der Waals surface area contributed by atoms with Gasteiger partial charge in [0, 0.05) is 12.7 Å². The van der Waals surface area contributed by atoms with Gasteiger partial charge >= 0.3 is 0 Å². The lowest BCUT2D eigenvalue weighted by atomic mass is 10.2. The molecular weight excluding hydrogens is 264 g/mol. The van der Waals surface area contributed by atoms with Crippen molar-refractivity contribution in [1.29, 1.82) is 0 Å². The smallest absolute Gasteiger partial charge is 0.263 e. The molecule has 0 unspecified atom stereocenters. The van der Waals surface area contributed by atoms with Gasteiger partial charge in [0.15, 0.2) is 0 Å². The van der Waals surface area contributed by atoms with Gasteiger partial charge in [0.1, 0.15) is 4.32 Å². The molecule has 1 saturated heterocycles. The monoisotopic (exact) mass is 276 g/mol. The van der Waals surface area contributed by atoms with Crippen LogP contribution in [-0.2, 0) is 4.79 Å². The molecule has 0 saturated carbocycles. The summed E-state index contributed by atoms with van der Waals surface area (Å²) < 4.78 is 0.512. The predicted octanol–water partition coefficient (Wildman–Crippen LogP) is 2.77. The number of hydrogen-bond acceptors (Lipinski definition) is 4. The summed E-state index contributed by atoms with van der Waals surface area (Å²) in [5.41, 5.74) is 2.15. The van der Waals surface area contributed by atoms with Crippen molar-refractivity contribution in [3.63, 3.8) is 0 Å². The van der Waals surface area contributed by atoms with Gasteiger partial charge in [-0.05, 0) is 23.8 Å². The van der Waals surface area contributed by atoms with E-state index in [2.05, 4.69) is 10.6 Å². The highest BCUT2D eigenvalue weighted by Gasteiger charge is 2.20. The molecule has 0 aromatic heterocycles. The van der Waals surface area contributed by atoms with Crippen LogP contribution in [0, 0.1) is 0 Å². The Labute approximate surface area is 115 Å². The number of benzene rings is 1. The van der Waals surface area contributed by atoms with E-state index < -0.39 is 0 Å². The quantitative estimate of drug-likeness (QED) is 0.658. The number of carbonyl (C=O) groups excluding carboxylic acids is 1. The van der Waals surface area contributed by atoms with Crippen LogP contribution in [-0.4, -0.2) is 17.3 Å². The number of rotatable bonds is 3. The molecular formula is C13H12N2OS2. The van der Waals surface area contributed by atoms with Crippen molar-refractivity contribution in [2.75, 3.05) is 12.4 Å². The Morgan fingerprint density at radius 3 is 2.61 bits per heavy atom. The van der Waals surface area contributed by atoms with Crippen LogP contribution in [0.25, 0.3) is 6.08 Å². The van der Waals surface area contributed by atoms with Crippen molar-refractivity contribution in [3.8, 4) is 0 Å². The second-order valence-corrected chi connectivity index (χ2v) is 5.32. The molecule has 0 atom stereocenters. The van der Waals surface area contributed by atoms with E-state index in [9.17, 15) is 4.79 Å². The van der Waals surface area contributed by atoms with Gasteiger partial charge in [-0.15, -0.1) is 0 Å². The van der Waals surface area contributed by atoms with Crippen LogP contribution in [0.1, 0.15) is 5.56 Å². The number of allylic oxidation sites excluding steroid dienone is 2. The molecule has 3 nitrogen and oxygen atoms in total. The second kappa shape index (κ2) is 5.84. The van der Waals surface area contributed by atoms with Crippen LogP contribution >= 0.6 is 24.0 Å². The number of amides is 1. The third-order valence-electron chi connectivity index (χ3n) is 2.38. The van der Waals surface area contributed by atoms with E-state index >= 15 is 0 Å². The fourth-order valence-corrected chi connectivity index (χ4v) is 2.44. The average Bonchev–Trinajstić information content (AvgIpc) is 2.69. The number of thioether (sulfide) groups is 1. The lowest BCUT2D eigenvalue weighted by Gasteiger charge is -1.98. The summed E-state index contributed by atoms with van der Waals surface area (Å²) in [6, 6.07) is 8.01. The van der Waals surface area contributed by atoms with E-state index in [1.54, 1.807) is 6.08 Å². The van der Waals surface area contributed by atoms with Gasteiger partial charge in [0.25, 0.3) is 5.91 Å². The molecule has 18 heavy (non-hydrogen) atoms. The maximum Gasteiger partial charge on any atom is 0.263 e. The summed E-state index contributed by atoms with van der Waals surface area (Å²) in [7, 11) is 1.88. The Kier molecular flexibility index (Phi) is 4.17. The lowest BCUT2D eigenvalue weighted by Crippen LogP contribution is -2.17. The predicted molar refractivity (Wildman–Crippen MR) is 81.4 cm³/mol. The van der Waals surface area contributed by atoms with E-state index in [0.717, 1.165) is 11.3 Å². The summed E-state index contributed by atoms with van der Waals surface area (Å²) in [6.45, 7) is 0. The van der Waals surface area contributed by atoms with E-state index in [4.69, 9.17) is 12.2 Å². The maximum absolute atomic E-state index is 11.4. The molecule has 1 aromatic rings. The van der Waals surface area contributed by atoms with Gasteiger partial charge in [-0.2, -0.15) is 0 Å². The lowest BCUT2D eigenvalue weighted by molar-refractivity contribution is -0.115. The zero-order valence-electron chi connectivity index (χ0n) is 9.77. The maximum atomic E-state index is 11.4. The Balaban J connectivity index is 2.04. The Bertz CT molecular complexity index is 532. The molecule has 1 aromatic carbocycles. The van der Waals surface area contributed by atoms with Gasteiger partial charge in [-0.25, -0.2) is 0 Å². The zero-order valence-corrected chi connectivity index (χ0v) is 11.4. The zero-order chi connectivity index (χ0) is 13.0. The number of anilines is 1. The molecule has 1 amide bonds. The Morgan fingerprint density at radius 2 is 2.06 bits per heavy atom. The Morgan fingerprint density at radius 1 is 1.33 bits per heavy atom. The molecule has 0 aliphatic carbocycles. The summed E-state index contributed by atoms with van der Waals surface area (Å²) in [4.78, 5) is 12.0. The van der Waals surface area contributed by atoms with Crippen molar-refractivity contribution in [1.82, 2.24) is 5.32 Å². The van der Waals surface area contributed by atoms with Gasteiger partial charge < -0.3 is 10.6 Å². The number of hydrogen-bond donors (Lipinski definition) is 2. The first-order chi connectivity index (χ1) is 8.69. The molecule has 2 rings (SSSR count). The highest BCUT2D eigenvalue weighted by atomic mass is 32.2. The highest BCUT2D eigenvalue weighted by Crippen LogP contribution is 2.23. The largest absolute Gasteiger partial charge is 0.388 e. The molecule has 1 aliphatic rings. The first-order valence-corrected chi connectivity index (χ1v) is 6.61. The van der Waals surface area contributed by atoms with Crippen LogP contribution in [0.2, 0.25) is 0 Å². The van der Waals surface area contributed by atoms with E-state index in [1.165, 1.54) is 11.8 Å². The average molecular weight is 276 g/mol. The van der Waals surface area contributed by atoms with Crippen LogP contribution in [0.4, 0.5) is 5.69 Å². The van der Waals surface area contributed by atoms with Gasteiger partial charge in [0.05, 0.1) is 4.91 Å². The molecule has 1 heterocycles. The number of thiocarbonyl (C=S) groups is 1. The molecule has 0 radical (unpaired) electrons. The fraction of sp³-hybridized carbons (Fsp3) is 0.0769. The highest BCUT2D eigenvalue weighted by molar-refractivity contribution is 8.26. The molecule has 2 N–H and O–H groups in total. The van der Waals surface area contributed by atoms with E-state index in [0.29, 0.717) is 9.23 Å². The van der Waals surface area contributed by atoms with Gasteiger partial charge in [0.2, 0.25) is 0 Å². The second-order valence-electron chi connectivity index (χ2n) is 3.61. The van der Waals surface area contributed by atoms with Crippen molar-refractivity contribution in [2.45, 2.75) is 0 Å². The minimum Gasteiger partial charge on any atom is -0.388 e. The van der Waals surface area contributed by atoms with Crippen molar-refractivity contribution < 1.29 is 4.79 Å². The van der Waals surface area contributed by atoms with Crippen molar-refractivity contribution in [3.05, 3.63) is 46.9 Å². The van der Waals surface area contributed by atoms with Crippen LogP contribution in [0.3, 0.4) is 0 Å². The minimum absolute atomic E-state index is 0.125. The number of nitrogens with one attached hydrogen (secondary N) is 2. The molecule has 1 aliphatic heterocycles. The topological polar surface area (TPSA) is 41.1 Å². The number of carbonyl (C=O) groups is 1. The SMILES string of the molecule is CNc1ccc(/C=C/C=C2/SC(=S)NC2=O)cc1. The van der Waals surface area contributed by atoms with E-state index in [1.807, 2.05) is 43.5 Å². The van der Waals surface area contributed by atoms with Gasteiger partial charge in [-0.3, -0.25) is 4.79 Å². The summed E-state index contributed by atoms with van der Waals surface area (Å²) in [6.07, 6.45) is 5.57. The Hall–Kier alpha value is -1.59. The normalized spacial score (nSPS) is 17.5. The third kappa shape index (κ3) is 3.21. The van der Waals surface area contributed by atoms with E-state index in [-0.39, 0.29) is 5.91 Å². The first-order valence-electron chi connectivity index (χ1n) is 5.38. The third-order valence-corrected chi connectivity index (χ3v) is 3.56. The van der Waals surface area contributed by atoms with Crippen molar-refractivity contribution in [2.24, 2.45) is 0 Å². The first kappa shape index (κ1) is 12.9. The molecule has 1 fully saturated rings. The fourth-order valence-electron chi connectivity index (χ4n) is 1.44. The van der Waals surface area contributed by atoms with Crippen LogP contribution < -0.4 is 10.6 Å². The molecule has 5 heteroatoms. The molecule has 92 valence electrons. The van der Waals surface area contributed by atoms with Crippen molar-refractivity contribution >= 4 is 46.0 Å². The van der Waals surface area contributed by atoms with Crippen LogP contribution in [0.5, 0.6) is 0 Å². The summed E-state index contributed by atoms with van der Waals surface area (Å²) in [5.74, 6) is -0.125. The minimum atomic E-state index is -0.125. The molecule has 0 bridgehead atoms.